The Balaban J connectivity index is 1.15. The number of hydrogen-bond acceptors (Lipinski definition) is 4. The topological polar surface area (TPSA) is 65.4 Å². The number of ether oxygens (including phenoxy) is 2. The van der Waals surface area contributed by atoms with Crippen LogP contribution in [0, 0.1) is 0 Å². The molecule has 0 radical (unpaired) electrons. The number of fused-ring (bicyclic) bond motifs is 1. The van der Waals surface area contributed by atoms with Gasteiger partial charge in [0.15, 0.2) is 0 Å². The van der Waals surface area contributed by atoms with Gasteiger partial charge in [-0.15, -0.1) is 0 Å². The van der Waals surface area contributed by atoms with Gasteiger partial charge in [-0.1, -0.05) is 72.8 Å². The number of carbonyl (C=O) groups is 1. The second-order valence-electron chi connectivity index (χ2n) is 9.42. The Kier molecular flexibility index (Phi) is 8.54. The van der Waals surface area contributed by atoms with Crippen LogP contribution in [0.4, 0.5) is 0 Å². The minimum atomic E-state index is -0.0206. The van der Waals surface area contributed by atoms with Crippen LogP contribution in [0.1, 0.15) is 24.2 Å². The minimum Gasteiger partial charge on any atom is -0.497 e. The number of benzene rings is 4. The van der Waals surface area contributed by atoms with Crippen LogP contribution in [-0.4, -0.2) is 29.2 Å². The van der Waals surface area contributed by atoms with E-state index in [1.807, 2.05) is 72.8 Å². The fourth-order valence-corrected chi connectivity index (χ4v) is 4.63. The van der Waals surface area contributed by atoms with Crippen molar-refractivity contribution in [2.75, 3.05) is 13.7 Å². The molecule has 0 spiro atoms. The number of aromatic nitrogens is 2. The summed E-state index contributed by atoms with van der Waals surface area (Å²) >= 11 is 0. The molecule has 6 nitrogen and oxygen atoms in total. The normalized spacial score (nSPS) is 10.9. The van der Waals surface area contributed by atoms with Crippen LogP contribution >= 0.6 is 0 Å². The van der Waals surface area contributed by atoms with E-state index < -0.39 is 0 Å². The van der Waals surface area contributed by atoms with Gasteiger partial charge in [0.2, 0.25) is 5.91 Å². The third-order valence-corrected chi connectivity index (χ3v) is 6.69. The number of para-hydroxylation sites is 2. The Morgan fingerprint density at radius 1 is 0.821 bits per heavy atom. The molecule has 0 saturated carbocycles. The van der Waals surface area contributed by atoms with E-state index >= 15 is 0 Å². The number of methoxy groups -OCH3 is 1. The number of hydrogen-bond donors (Lipinski definition) is 1. The molecule has 5 aromatic rings. The third-order valence-electron chi connectivity index (χ3n) is 6.69. The van der Waals surface area contributed by atoms with Gasteiger partial charge in [0.1, 0.15) is 17.3 Å². The van der Waals surface area contributed by atoms with Crippen molar-refractivity contribution in [3.05, 3.63) is 115 Å². The van der Waals surface area contributed by atoms with Gasteiger partial charge in [-0.05, 0) is 53.8 Å². The Bertz CT molecular complexity index is 1510. The lowest BCUT2D eigenvalue weighted by Gasteiger charge is -2.11. The van der Waals surface area contributed by atoms with Crippen molar-refractivity contribution in [2.24, 2.45) is 0 Å². The van der Waals surface area contributed by atoms with Gasteiger partial charge in [-0.2, -0.15) is 0 Å². The molecule has 0 bridgehead atoms. The number of nitrogens with one attached hydrogen (secondary N) is 1. The fourth-order valence-electron chi connectivity index (χ4n) is 4.63. The lowest BCUT2D eigenvalue weighted by molar-refractivity contribution is -0.120. The van der Waals surface area contributed by atoms with Crippen LogP contribution in [0.2, 0.25) is 0 Å². The first-order valence-electron chi connectivity index (χ1n) is 13.3. The molecular formula is C33H33N3O3. The Labute approximate surface area is 229 Å². The average molecular weight is 520 g/mol. The number of nitrogens with zero attached hydrogens (tertiary/aromatic N) is 2. The van der Waals surface area contributed by atoms with Gasteiger partial charge in [0, 0.05) is 12.6 Å². The monoisotopic (exact) mass is 519 g/mol. The Morgan fingerprint density at radius 3 is 2.38 bits per heavy atom. The van der Waals surface area contributed by atoms with Crippen molar-refractivity contribution in [3.8, 4) is 22.6 Å². The summed E-state index contributed by atoms with van der Waals surface area (Å²) in [6.07, 6.45) is 2.16. The molecule has 5 rings (SSSR count). The molecule has 4 aromatic carbocycles. The highest BCUT2D eigenvalue weighted by atomic mass is 16.5. The zero-order valence-electron chi connectivity index (χ0n) is 22.2. The van der Waals surface area contributed by atoms with Gasteiger partial charge < -0.3 is 19.4 Å². The van der Waals surface area contributed by atoms with Crippen LogP contribution in [0.5, 0.6) is 11.5 Å². The molecule has 0 aliphatic carbocycles. The van der Waals surface area contributed by atoms with Crippen molar-refractivity contribution in [1.29, 1.82) is 0 Å². The molecule has 6 heteroatoms. The summed E-state index contributed by atoms with van der Waals surface area (Å²) in [6, 6.07) is 34.2. The molecule has 0 atom stereocenters. The quantitative estimate of drug-likeness (QED) is 0.193. The summed E-state index contributed by atoms with van der Waals surface area (Å²) in [7, 11) is 1.65. The lowest BCUT2D eigenvalue weighted by Crippen LogP contribution is -2.26. The average Bonchev–Trinajstić information content (AvgIpc) is 3.34. The number of amides is 1. The van der Waals surface area contributed by atoms with Gasteiger partial charge in [-0.25, -0.2) is 4.98 Å². The molecule has 1 N–H and O–H groups in total. The van der Waals surface area contributed by atoms with E-state index in [2.05, 4.69) is 40.2 Å². The lowest BCUT2D eigenvalue weighted by atomic mass is 10.0. The van der Waals surface area contributed by atoms with Gasteiger partial charge in [0.05, 0.1) is 37.7 Å². The third kappa shape index (κ3) is 6.85. The second kappa shape index (κ2) is 12.8. The highest BCUT2D eigenvalue weighted by Crippen LogP contribution is 2.21. The van der Waals surface area contributed by atoms with Crippen molar-refractivity contribution in [3.63, 3.8) is 0 Å². The molecule has 1 aromatic heterocycles. The molecule has 0 aliphatic rings. The summed E-state index contributed by atoms with van der Waals surface area (Å²) in [5.41, 5.74) is 5.30. The predicted molar refractivity (Wildman–Crippen MR) is 155 cm³/mol. The van der Waals surface area contributed by atoms with E-state index in [-0.39, 0.29) is 5.91 Å². The molecular weight excluding hydrogens is 486 g/mol. The predicted octanol–water partition coefficient (Wildman–Crippen LogP) is 6.43. The van der Waals surface area contributed by atoms with Gasteiger partial charge in [0.25, 0.3) is 0 Å². The summed E-state index contributed by atoms with van der Waals surface area (Å²) in [4.78, 5) is 17.6. The first-order valence-corrected chi connectivity index (χ1v) is 13.3. The number of unbranched alkanes of at least 4 members (excludes halogenated alkanes) is 1. The van der Waals surface area contributed by atoms with Crippen molar-refractivity contribution < 1.29 is 14.3 Å². The highest BCUT2D eigenvalue weighted by Gasteiger charge is 2.12. The highest BCUT2D eigenvalue weighted by molar-refractivity contribution is 5.79. The maximum Gasteiger partial charge on any atom is 0.224 e. The van der Waals surface area contributed by atoms with E-state index in [0.717, 1.165) is 58.9 Å². The van der Waals surface area contributed by atoms with E-state index in [1.165, 1.54) is 5.56 Å². The Hall–Kier alpha value is -4.58. The van der Waals surface area contributed by atoms with Crippen molar-refractivity contribution >= 4 is 16.9 Å². The van der Waals surface area contributed by atoms with Crippen LogP contribution in [-0.2, 0) is 24.3 Å². The molecule has 0 unspecified atom stereocenters. The smallest absolute Gasteiger partial charge is 0.224 e. The summed E-state index contributed by atoms with van der Waals surface area (Å²) in [6.45, 7) is 1.80. The van der Waals surface area contributed by atoms with E-state index in [9.17, 15) is 4.79 Å². The molecule has 0 saturated heterocycles. The first-order chi connectivity index (χ1) is 19.2. The number of aryl methyl sites for hydroxylation is 1. The molecule has 198 valence electrons. The molecule has 39 heavy (non-hydrogen) atoms. The summed E-state index contributed by atoms with van der Waals surface area (Å²) in [5.74, 6) is 2.43. The van der Waals surface area contributed by atoms with Crippen molar-refractivity contribution in [1.82, 2.24) is 14.9 Å². The largest absolute Gasteiger partial charge is 0.497 e. The summed E-state index contributed by atoms with van der Waals surface area (Å²) < 4.78 is 13.4. The maximum absolute atomic E-state index is 12.8. The van der Waals surface area contributed by atoms with Crippen LogP contribution in [0.25, 0.3) is 22.2 Å². The van der Waals surface area contributed by atoms with E-state index in [0.29, 0.717) is 19.6 Å². The zero-order chi connectivity index (χ0) is 26.9. The standard InChI is InChI=1S/C33H33N3O3/c1-38-28-12-9-13-29(23-28)39-21-8-7-20-36-31-15-6-5-14-30(31)35-32(36)24-34-33(37)22-25-16-18-27(19-17-25)26-10-3-2-4-11-26/h2-6,9-19,23H,7-8,20-22,24H2,1H3,(H,34,37). The second-order valence-corrected chi connectivity index (χ2v) is 9.42. The van der Waals surface area contributed by atoms with Crippen LogP contribution in [0.15, 0.2) is 103 Å². The number of rotatable bonds is 12. The van der Waals surface area contributed by atoms with E-state index in [1.54, 1.807) is 7.11 Å². The SMILES string of the molecule is COc1cccc(OCCCCn2c(CNC(=O)Cc3ccc(-c4ccccc4)cc3)nc3ccccc32)c1. The molecule has 1 heterocycles. The summed E-state index contributed by atoms with van der Waals surface area (Å²) in [5, 5.41) is 3.07. The minimum absolute atomic E-state index is 0.0206. The first kappa shape index (κ1) is 26.0. The molecule has 0 aliphatic heterocycles. The van der Waals surface area contributed by atoms with Gasteiger partial charge in [-0.3, -0.25) is 4.79 Å². The molecule has 0 fully saturated rings. The Morgan fingerprint density at radius 2 is 1.56 bits per heavy atom. The number of carbonyl (C=O) groups excluding carboxylic acids is 1. The van der Waals surface area contributed by atoms with E-state index in [4.69, 9.17) is 14.5 Å². The van der Waals surface area contributed by atoms with Crippen LogP contribution in [0.3, 0.4) is 0 Å². The van der Waals surface area contributed by atoms with Crippen LogP contribution < -0.4 is 14.8 Å². The zero-order valence-corrected chi connectivity index (χ0v) is 22.2. The maximum atomic E-state index is 12.8. The fraction of sp³-hybridized carbons (Fsp3) is 0.212. The number of imidazole rings is 1. The molecule has 1 amide bonds. The van der Waals surface area contributed by atoms with Gasteiger partial charge >= 0.3 is 0 Å². The van der Waals surface area contributed by atoms with Crippen molar-refractivity contribution in [2.45, 2.75) is 32.4 Å².